The number of carbonyl (C=O) groups is 1. The van der Waals surface area contributed by atoms with E-state index in [4.69, 9.17) is 0 Å². The van der Waals surface area contributed by atoms with Crippen molar-refractivity contribution in [2.75, 3.05) is 5.32 Å². The topological polar surface area (TPSA) is 69.0 Å². The Kier molecular flexibility index (Phi) is 3.95. The van der Waals surface area contributed by atoms with Gasteiger partial charge in [0, 0.05) is 13.1 Å². The Morgan fingerprint density at radius 1 is 1.43 bits per heavy atom. The van der Waals surface area contributed by atoms with Crippen LogP contribution < -0.4 is 10.1 Å². The zero-order chi connectivity index (χ0) is 16.6. The lowest BCUT2D eigenvalue weighted by Gasteiger charge is -2.01. The first kappa shape index (κ1) is 15.3. The number of hydrogen-bond donors (Lipinski definition) is 1. The third kappa shape index (κ3) is 3.14. The fourth-order valence-electron chi connectivity index (χ4n) is 2.06. The zero-order valence-electron chi connectivity index (χ0n) is 12.2. The first-order valence-electron chi connectivity index (χ1n) is 6.60. The number of thiazole rings is 1. The Hall–Kier alpha value is -2.55. The van der Waals surface area contributed by atoms with Crippen LogP contribution in [0.5, 0.6) is 5.88 Å². The zero-order valence-corrected chi connectivity index (χ0v) is 13.0. The number of nitrogens with zero attached hydrogens (tertiary/aromatic N) is 3. The number of benzene rings is 1. The highest BCUT2D eigenvalue weighted by atomic mass is 32.1. The standard InChI is InChI=1S/C14H12F2N4O2S/c1-7-4-3-5-9-11(7)17-14(23-9)18-12(21)8-6-10(20(2)19-8)22-13(15)16/h3-6,13H,1-2H3,(H,17,18,21). The van der Waals surface area contributed by atoms with Crippen molar-refractivity contribution in [2.24, 2.45) is 7.05 Å². The number of aromatic nitrogens is 3. The van der Waals surface area contributed by atoms with Gasteiger partial charge in [-0.3, -0.25) is 10.1 Å². The number of para-hydroxylation sites is 1. The van der Waals surface area contributed by atoms with Crippen LogP contribution in [0.15, 0.2) is 24.3 Å². The highest BCUT2D eigenvalue weighted by molar-refractivity contribution is 7.22. The predicted octanol–water partition coefficient (Wildman–Crippen LogP) is 3.19. The monoisotopic (exact) mass is 338 g/mol. The van der Waals surface area contributed by atoms with Gasteiger partial charge < -0.3 is 4.74 Å². The Morgan fingerprint density at radius 3 is 2.91 bits per heavy atom. The molecule has 2 aromatic heterocycles. The number of halogens is 2. The summed E-state index contributed by atoms with van der Waals surface area (Å²) in [7, 11) is 1.41. The SMILES string of the molecule is Cc1cccc2sc(NC(=O)c3cc(OC(F)F)n(C)n3)nc12. The second-order valence-corrected chi connectivity index (χ2v) is 5.80. The number of alkyl halides is 2. The first-order valence-corrected chi connectivity index (χ1v) is 7.42. The molecule has 0 atom stereocenters. The number of aryl methyl sites for hydroxylation is 2. The van der Waals surface area contributed by atoms with Crippen molar-refractivity contribution < 1.29 is 18.3 Å². The van der Waals surface area contributed by atoms with Crippen LogP contribution in [0.25, 0.3) is 10.2 Å². The number of fused-ring (bicyclic) bond motifs is 1. The molecule has 120 valence electrons. The Morgan fingerprint density at radius 2 is 2.22 bits per heavy atom. The van der Waals surface area contributed by atoms with Gasteiger partial charge in [0.15, 0.2) is 10.8 Å². The van der Waals surface area contributed by atoms with E-state index in [1.54, 1.807) is 0 Å². The van der Waals surface area contributed by atoms with Crippen LogP contribution in [-0.2, 0) is 7.05 Å². The van der Waals surface area contributed by atoms with Gasteiger partial charge in [-0.25, -0.2) is 9.67 Å². The van der Waals surface area contributed by atoms with Crippen molar-refractivity contribution in [3.05, 3.63) is 35.5 Å². The van der Waals surface area contributed by atoms with Crippen LogP contribution in [0.4, 0.5) is 13.9 Å². The number of carbonyl (C=O) groups excluding carboxylic acids is 1. The maximum atomic E-state index is 12.2. The van der Waals surface area contributed by atoms with Crippen LogP contribution in [0.2, 0.25) is 0 Å². The molecule has 0 fully saturated rings. The minimum absolute atomic E-state index is 0.0286. The quantitative estimate of drug-likeness (QED) is 0.793. The molecule has 0 aliphatic carbocycles. The van der Waals surface area contributed by atoms with E-state index < -0.39 is 12.5 Å². The van der Waals surface area contributed by atoms with Gasteiger partial charge in [-0.05, 0) is 18.6 Å². The number of amides is 1. The summed E-state index contributed by atoms with van der Waals surface area (Å²) in [6.45, 7) is -1.05. The smallest absolute Gasteiger partial charge is 0.388 e. The third-order valence-electron chi connectivity index (χ3n) is 3.12. The molecule has 6 nitrogen and oxygen atoms in total. The van der Waals surface area contributed by atoms with Gasteiger partial charge >= 0.3 is 6.61 Å². The van der Waals surface area contributed by atoms with Gasteiger partial charge in [-0.2, -0.15) is 13.9 Å². The maximum Gasteiger partial charge on any atom is 0.388 e. The minimum atomic E-state index is -2.98. The average molecular weight is 338 g/mol. The van der Waals surface area contributed by atoms with Gasteiger partial charge in [0.25, 0.3) is 5.91 Å². The Bertz CT molecular complexity index is 875. The van der Waals surface area contributed by atoms with Crippen molar-refractivity contribution in [3.63, 3.8) is 0 Å². The molecule has 1 amide bonds. The fraction of sp³-hybridized carbons (Fsp3) is 0.214. The highest BCUT2D eigenvalue weighted by Crippen LogP contribution is 2.28. The normalized spacial score (nSPS) is 11.2. The Balaban J connectivity index is 1.82. The molecule has 3 aromatic rings. The van der Waals surface area contributed by atoms with Gasteiger partial charge in [0.2, 0.25) is 5.88 Å². The van der Waals surface area contributed by atoms with E-state index in [9.17, 15) is 13.6 Å². The molecule has 2 heterocycles. The van der Waals surface area contributed by atoms with Crippen molar-refractivity contribution in [1.82, 2.24) is 14.8 Å². The highest BCUT2D eigenvalue weighted by Gasteiger charge is 2.17. The van der Waals surface area contributed by atoms with E-state index in [2.05, 4.69) is 20.1 Å². The molecule has 0 bridgehead atoms. The molecule has 23 heavy (non-hydrogen) atoms. The Labute approximate surface area is 133 Å². The van der Waals surface area contributed by atoms with Gasteiger partial charge in [0.05, 0.1) is 10.2 Å². The molecule has 1 aromatic carbocycles. The van der Waals surface area contributed by atoms with E-state index in [1.165, 1.54) is 18.4 Å². The van der Waals surface area contributed by atoms with Crippen molar-refractivity contribution >= 4 is 32.6 Å². The summed E-state index contributed by atoms with van der Waals surface area (Å²) in [5.74, 6) is -0.730. The van der Waals surface area contributed by atoms with E-state index in [0.29, 0.717) is 5.13 Å². The molecule has 0 saturated heterocycles. The minimum Gasteiger partial charge on any atom is -0.417 e. The van der Waals surface area contributed by atoms with Crippen LogP contribution in [0, 0.1) is 6.92 Å². The maximum absolute atomic E-state index is 12.2. The lowest BCUT2D eigenvalue weighted by atomic mass is 10.2. The number of rotatable bonds is 4. The van der Waals surface area contributed by atoms with Gasteiger partial charge in [0.1, 0.15) is 0 Å². The summed E-state index contributed by atoms with van der Waals surface area (Å²) in [6.07, 6.45) is 0. The van der Waals surface area contributed by atoms with Crippen molar-refractivity contribution in [1.29, 1.82) is 0 Å². The van der Waals surface area contributed by atoms with E-state index in [-0.39, 0.29) is 11.6 Å². The summed E-state index contributed by atoms with van der Waals surface area (Å²) < 4.78 is 30.8. The molecular weight excluding hydrogens is 326 g/mol. The van der Waals surface area contributed by atoms with Crippen LogP contribution in [0.1, 0.15) is 16.1 Å². The van der Waals surface area contributed by atoms with Crippen molar-refractivity contribution in [2.45, 2.75) is 13.5 Å². The van der Waals surface area contributed by atoms with Gasteiger partial charge in [-0.1, -0.05) is 23.5 Å². The molecule has 9 heteroatoms. The third-order valence-corrected chi connectivity index (χ3v) is 4.06. The molecule has 0 radical (unpaired) electrons. The summed E-state index contributed by atoms with van der Waals surface area (Å²) in [4.78, 5) is 16.5. The number of hydrogen-bond acceptors (Lipinski definition) is 5. The predicted molar refractivity (Wildman–Crippen MR) is 82.2 cm³/mol. The fourth-order valence-corrected chi connectivity index (χ4v) is 3.00. The average Bonchev–Trinajstić information content (AvgIpc) is 3.03. The van der Waals surface area contributed by atoms with Crippen LogP contribution in [-0.4, -0.2) is 27.3 Å². The second-order valence-electron chi connectivity index (χ2n) is 4.76. The lowest BCUT2D eigenvalue weighted by molar-refractivity contribution is -0.0553. The molecule has 0 aliphatic heterocycles. The number of ether oxygens (including phenoxy) is 1. The molecule has 3 rings (SSSR count). The summed E-state index contributed by atoms with van der Waals surface area (Å²) in [5, 5.41) is 6.89. The molecule has 0 spiro atoms. The lowest BCUT2D eigenvalue weighted by Crippen LogP contribution is -2.12. The molecular formula is C14H12F2N4O2S. The second kappa shape index (κ2) is 5.92. The van der Waals surface area contributed by atoms with Crippen LogP contribution in [0.3, 0.4) is 0 Å². The van der Waals surface area contributed by atoms with Crippen molar-refractivity contribution in [3.8, 4) is 5.88 Å². The van der Waals surface area contributed by atoms with Crippen LogP contribution >= 0.6 is 11.3 Å². The number of anilines is 1. The van der Waals surface area contributed by atoms with Gasteiger partial charge in [-0.15, -0.1) is 0 Å². The largest absolute Gasteiger partial charge is 0.417 e. The van der Waals surface area contributed by atoms with E-state index in [1.807, 2.05) is 25.1 Å². The molecule has 0 unspecified atom stereocenters. The molecule has 0 saturated carbocycles. The summed E-state index contributed by atoms with van der Waals surface area (Å²) in [6, 6.07) is 6.90. The first-order chi connectivity index (χ1) is 10.9. The molecule has 0 aliphatic rings. The van der Waals surface area contributed by atoms with E-state index in [0.717, 1.165) is 26.5 Å². The van der Waals surface area contributed by atoms with E-state index >= 15 is 0 Å². The summed E-state index contributed by atoms with van der Waals surface area (Å²) in [5.41, 5.74) is 1.79. The summed E-state index contributed by atoms with van der Waals surface area (Å²) >= 11 is 1.33. The number of nitrogens with one attached hydrogen (secondary N) is 1. The molecule has 1 N–H and O–H groups in total.